The van der Waals surface area contributed by atoms with Crippen LogP contribution in [0.4, 0.5) is 11.6 Å². The van der Waals surface area contributed by atoms with Gasteiger partial charge in [0.2, 0.25) is 11.3 Å². The van der Waals surface area contributed by atoms with Gasteiger partial charge in [0, 0.05) is 17.7 Å². The van der Waals surface area contributed by atoms with Crippen molar-refractivity contribution in [2.24, 2.45) is 5.92 Å². The monoisotopic (exact) mass is 422 g/mol. The fraction of sp³-hybridized carbons (Fsp3) is 0.280. The molecule has 1 atom stereocenters. The Morgan fingerprint density at radius 3 is 2.59 bits per heavy atom. The second-order valence-corrected chi connectivity index (χ2v) is 8.89. The van der Waals surface area contributed by atoms with E-state index in [1.54, 1.807) is 0 Å². The van der Waals surface area contributed by atoms with Crippen molar-refractivity contribution in [3.05, 3.63) is 82.2 Å². The summed E-state index contributed by atoms with van der Waals surface area (Å²) in [4.78, 5) is 9.36. The molecule has 2 aromatic heterocycles. The number of anilines is 2. The minimum Gasteiger partial charge on any atom is -0.364 e. The highest BCUT2D eigenvalue weighted by atomic mass is 16.6. The Morgan fingerprint density at radius 2 is 1.72 bits per heavy atom. The minimum absolute atomic E-state index is 0.254. The van der Waals surface area contributed by atoms with Crippen molar-refractivity contribution in [3.8, 4) is 0 Å². The Kier molecular flexibility index (Phi) is 3.85. The van der Waals surface area contributed by atoms with Crippen molar-refractivity contribution in [2.45, 2.75) is 38.1 Å². The highest BCUT2D eigenvalue weighted by molar-refractivity contribution is 5.76. The number of nitrogens with one attached hydrogen (secondary N) is 2. The lowest BCUT2D eigenvalue weighted by molar-refractivity contribution is 0.314. The number of allylic oxidation sites excluding steroid dienone is 13. The predicted molar refractivity (Wildman–Crippen MR) is 123 cm³/mol. The molecule has 1 fully saturated rings. The zero-order valence-electron chi connectivity index (χ0n) is 17.5. The third-order valence-electron chi connectivity index (χ3n) is 6.96. The van der Waals surface area contributed by atoms with Gasteiger partial charge in [-0.15, -0.1) is 0 Å². The standard InChI is InChI=1S/C25H22N6O/c1-2-7-17(6-1)26-22-23(29-25-24(28-22)30-32-31-25)27-19-13-11-16-9-8-14-4-3-5-15-10-12-18(19)21(16)20(14)15/h3,5,8-13,17,21H,1-2,4,6-7H2,(H,26,28,30)(H,27,29,31). The molecule has 0 aromatic carbocycles. The van der Waals surface area contributed by atoms with Crippen molar-refractivity contribution in [2.75, 3.05) is 10.6 Å². The molecular weight excluding hydrogens is 400 g/mol. The summed E-state index contributed by atoms with van der Waals surface area (Å²) in [6.07, 6.45) is 23.6. The maximum atomic E-state index is 4.87. The summed E-state index contributed by atoms with van der Waals surface area (Å²) < 4.78 is 4.87. The second kappa shape index (κ2) is 6.88. The van der Waals surface area contributed by atoms with Gasteiger partial charge in [-0.2, -0.15) is 0 Å². The van der Waals surface area contributed by atoms with Gasteiger partial charge in [0.1, 0.15) is 0 Å². The minimum atomic E-state index is 0.254. The quantitative estimate of drug-likeness (QED) is 0.723. The lowest BCUT2D eigenvalue weighted by Gasteiger charge is -2.36. The topological polar surface area (TPSA) is 88.8 Å². The van der Waals surface area contributed by atoms with E-state index in [9.17, 15) is 0 Å². The van der Waals surface area contributed by atoms with Crippen LogP contribution in [0.25, 0.3) is 11.3 Å². The van der Waals surface area contributed by atoms with E-state index in [-0.39, 0.29) is 5.92 Å². The van der Waals surface area contributed by atoms with Crippen LogP contribution in [-0.4, -0.2) is 26.3 Å². The molecule has 0 spiro atoms. The number of aromatic nitrogens is 4. The van der Waals surface area contributed by atoms with Gasteiger partial charge in [-0.25, -0.2) is 14.6 Å². The number of fused-ring (bicyclic) bond motifs is 1. The molecule has 7 heteroatoms. The maximum Gasteiger partial charge on any atom is 0.245 e. The number of hydrogen-bond donors (Lipinski definition) is 2. The van der Waals surface area contributed by atoms with Crippen molar-refractivity contribution >= 4 is 22.9 Å². The van der Waals surface area contributed by atoms with Crippen molar-refractivity contribution in [1.29, 1.82) is 0 Å². The zero-order valence-corrected chi connectivity index (χ0v) is 17.5. The molecule has 0 radical (unpaired) electrons. The first-order valence-electron chi connectivity index (χ1n) is 11.3. The van der Waals surface area contributed by atoms with Crippen LogP contribution in [0.2, 0.25) is 0 Å². The van der Waals surface area contributed by atoms with E-state index in [4.69, 9.17) is 9.61 Å². The molecular formula is C25H22N6O. The molecule has 7 nitrogen and oxygen atoms in total. The molecule has 2 aromatic rings. The summed E-state index contributed by atoms with van der Waals surface area (Å²) in [6, 6.07) is 0.401. The highest BCUT2D eigenvalue weighted by Gasteiger charge is 2.34. The van der Waals surface area contributed by atoms with Gasteiger partial charge in [-0.05, 0) is 63.5 Å². The fourth-order valence-electron chi connectivity index (χ4n) is 5.43. The zero-order chi connectivity index (χ0) is 21.1. The van der Waals surface area contributed by atoms with E-state index >= 15 is 0 Å². The Balaban J connectivity index is 1.30. The summed E-state index contributed by atoms with van der Waals surface area (Å²) in [5.41, 5.74) is 8.59. The first-order chi connectivity index (χ1) is 15.8. The van der Waals surface area contributed by atoms with Crippen LogP contribution < -0.4 is 10.6 Å². The molecule has 2 N–H and O–H groups in total. The molecule has 0 bridgehead atoms. The number of rotatable bonds is 4. The summed E-state index contributed by atoms with van der Waals surface area (Å²) in [5, 5.41) is 14.9. The average Bonchev–Trinajstić information content (AvgIpc) is 3.50. The van der Waals surface area contributed by atoms with E-state index in [0.29, 0.717) is 29.0 Å². The molecule has 1 unspecified atom stereocenters. The molecule has 0 amide bonds. The fourth-order valence-corrected chi connectivity index (χ4v) is 5.43. The maximum absolute atomic E-state index is 4.87. The second-order valence-electron chi connectivity index (χ2n) is 8.89. The van der Waals surface area contributed by atoms with Gasteiger partial charge in [-0.1, -0.05) is 55.4 Å². The molecule has 5 aliphatic rings. The van der Waals surface area contributed by atoms with E-state index in [1.165, 1.54) is 40.7 Å². The molecule has 2 heterocycles. The van der Waals surface area contributed by atoms with E-state index in [0.717, 1.165) is 25.0 Å². The first-order valence-corrected chi connectivity index (χ1v) is 11.3. The Hall–Kier alpha value is -3.74. The van der Waals surface area contributed by atoms with Crippen molar-refractivity contribution in [1.82, 2.24) is 20.3 Å². The SMILES string of the molecule is C1=CC2=C3C(=CC=C4C=CC(Nc5nc6nonc6nc5NC5CCCC5)=C(C=C2)C43)C1. The lowest BCUT2D eigenvalue weighted by atomic mass is 9.68. The van der Waals surface area contributed by atoms with Gasteiger partial charge in [0.05, 0.1) is 0 Å². The van der Waals surface area contributed by atoms with E-state index in [2.05, 4.69) is 74.5 Å². The van der Waals surface area contributed by atoms with Crippen LogP contribution in [0.3, 0.4) is 0 Å². The van der Waals surface area contributed by atoms with Gasteiger partial charge >= 0.3 is 0 Å². The molecule has 32 heavy (non-hydrogen) atoms. The number of nitrogens with zero attached hydrogens (tertiary/aromatic N) is 4. The van der Waals surface area contributed by atoms with Crippen LogP contribution in [0.15, 0.2) is 86.8 Å². The molecule has 7 rings (SSSR count). The average molecular weight is 422 g/mol. The van der Waals surface area contributed by atoms with Crippen molar-refractivity contribution < 1.29 is 4.63 Å². The summed E-state index contributed by atoms with van der Waals surface area (Å²) in [5.74, 6) is 1.61. The highest BCUT2D eigenvalue weighted by Crippen LogP contribution is 2.48. The van der Waals surface area contributed by atoms with Crippen LogP contribution in [0, 0.1) is 5.92 Å². The molecule has 1 saturated carbocycles. The number of hydrogen-bond acceptors (Lipinski definition) is 7. The predicted octanol–water partition coefficient (Wildman–Crippen LogP) is 4.91. The molecule has 5 aliphatic carbocycles. The van der Waals surface area contributed by atoms with E-state index in [1.807, 2.05) is 0 Å². The van der Waals surface area contributed by atoms with Crippen LogP contribution in [-0.2, 0) is 0 Å². The Bertz CT molecular complexity index is 1360. The van der Waals surface area contributed by atoms with Gasteiger partial charge < -0.3 is 10.6 Å². The summed E-state index contributed by atoms with van der Waals surface area (Å²) >= 11 is 0. The van der Waals surface area contributed by atoms with Gasteiger partial charge in [0.25, 0.3) is 0 Å². The van der Waals surface area contributed by atoms with E-state index < -0.39 is 0 Å². The van der Waals surface area contributed by atoms with Crippen molar-refractivity contribution in [3.63, 3.8) is 0 Å². The molecule has 0 aliphatic heterocycles. The first kappa shape index (κ1) is 17.9. The summed E-state index contributed by atoms with van der Waals surface area (Å²) in [6.45, 7) is 0. The third kappa shape index (κ3) is 2.74. The van der Waals surface area contributed by atoms with Crippen LogP contribution >= 0.6 is 0 Å². The van der Waals surface area contributed by atoms with Crippen LogP contribution in [0.5, 0.6) is 0 Å². The Morgan fingerprint density at radius 1 is 0.875 bits per heavy atom. The third-order valence-corrected chi connectivity index (χ3v) is 6.96. The Labute approximate surface area is 185 Å². The van der Waals surface area contributed by atoms with Gasteiger partial charge in [0.15, 0.2) is 11.6 Å². The molecule has 158 valence electrons. The summed E-state index contributed by atoms with van der Waals surface area (Å²) in [7, 11) is 0. The smallest absolute Gasteiger partial charge is 0.245 e. The van der Waals surface area contributed by atoms with Crippen LogP contribution in [0.1, 0.15) is 32.1 Å². The largest absolute Gasteiger partial charge is 0.364 e. The normalized spacial score (nSPS) is 23.6. The molecule has 0 saturated heterocycles. The van der Waals surface area contributed by atoms with Gasteiger partial charge in [-0.3, -0.25) is 0 Å². The lowest BCUT2D eigenvalue weighted by Crippen LogP contribution is -2.24.